The number of fused-ring (bicyclic) bond motifs is 1. The molecule has 1 aliphatic rings. The summed E-state index contributed by atoms with van der Waals surface area (Å²) in [4.78, 5) is 19.1. The first kappa shape index (κ1) is 18.7. The lowest BCUT2D eigenvalue weighted by molar-refractivity contribution is 0.0716. The molecule has 4 nitrogen and oxygen atoms in total. The number of benzene rings is 1. The van der Waals surface area contributed by atoms with E-state index in [4.69, 9.17) is 5.73 Å². The summed E-state index contributed by atoms with van der Waals surface area (Å²) >= 11 is 0. The first-order valence-corrected chi connectivity index (χ1v) is 7.06. The van der Waals surface area contributed by atoms with E-state index in [0.717, 1.165) is 48.1 Å². The Morgan fingerprint density at radius 2 is 1.86 bits per heavy atom. The van der Waals surface area contributed by atoms with E-state index < -0.39 is 0 Å². The standard InChI is InChI=1S/C16H19N3O.2ClH/c1-11-10-14(13-4-2-3-5-15(13)18-11)16(20)19-8-6-12(17)7-9-19;;/h2-5,10,12H,6-9,17H2,1H3;2*1H. The highest BCUT2D eigenvalue weighted by atomic mass is 35.5. The second-order valence-electron chi connectivity index (χ2n) is 5.46. The molecule has 0 atom stereocenters. The van der Waals surface area contributed by atoms with Gasteiger partial charge in [0.1, 0.15) is 0 Å². The highest BCUT2D eigenvalue weighted by Crippen LogP contribution is 2.21. The van der Waals surface area contributed by atoms with E-state index in [1.807, 2.05) is 42.2 Å². The van der Waals surface area contributed by atoms with Crippen molar-refractivity contribution in [3.05, 3.63) is 41.6 Å². The molecule has 0 unspecified atom stereocenters. The van der Waals surface area contributed by atoms with Crippen molar-refractivity contribution >= 4 is 41.6 Å². The number of amides is 1. The van der Waals surface area contributed by atoms with E-state index >= 15 is 0 Å². The maximum Gasteiger partial charge on any atom is 0.254 e. The van der Waals surface area contributed by atoms with Gasteiger partial charge in [-0.2, -0.15) is 0 Å². The van der Waals surface area contributed by atoms with Crippen molar-refractivity contribution in [1.82, 2.24) is 9.88 Å². The van der Waals surface area contributed by atoms with Gasteiger partial charge in [0.15, 0.2) is 0 Å². The third kappa shape index (κ3) is 3.69. The average Bonchev–Trinajstić information content (AvgIpc) is 2.46. The van der Waals surface area contributed by atoms with Crippen molar-refractivity contribution in [2.75, 3.05) is 13.1 Å². The molecule has 1 amide bonds. The summed E-state index contributed by atoms with van der Waals surface area (Å²) in [6.07, 6.45) is 1.77. The van der Waals surface area contributed by atoms with Crippen molar-refractivity contribution in [1.29, 1.82) is 0 Å². The molecule has 2 N–H and O–H groups in total. The highest BCUT2D eigenvalue weighted by molar-refractivity contribution is 6.06. The van der Waals surface area contributed by atoms with Crippen LogP contribution < -0.4 is 5.73 Å². The number of likely N-dealkylation sites (tertiary alicyclic amines) is 1. The Kier molecular flexibility index (Phi) is 6.60. The number of halogens is 2. The zero-order valence-corrected chi connectivity index (χ0v) is 14.1. The Balaban J connectivity index is 0.00000121. The van der Waals surface area contributed by atoms with Gasteiger partial charge in [0.2, 0.25) is 0 Å². The summed E-state index contributed by atoms with van der Waals surface area (Å²) in [5.74, 6) is 0.0959. The molecule has 6 heteroatoms. The second kappa shape index (κ2) is 7.77. The molecule has 0 aliphatic carbocycles. The maximum atomic E-state index is 12.7. The molecule has 0 saturated carbocycles. The highest BCUT2D eigenvalue weighted by Gasteiger charge is 2.23. The van der Waals surface area contributed by atoms with Crippen LogP contribution in [0.1, 0.15) is 28.9 Å². The van der Waals surface area contributed by atoms with Gasteiger partial charge in [0, 0.05) is 30.2 Å². The molecule has 22 heavy (non-hydrogen) atoms. The van der Waals surface area contributed by atoms with Crippen LogP contribution in [0.15, 0.2) is 30.3 Å². The third-order valence-electron chi connectivity index (χ3n) is 3.90. The summed E-state index contributed by atoms with van der Waals surface area (Å²) in [5.41, 5.74) is 8.41. The summed E-state index contributed by atoms with van der Waals surface area (Å²) in [6.45, 7) is 3.42. The fourth-order valence-electron chi connectivity index (χ4n) is 2.76. The van der Waals surface area contributed by atoms with Crippen LogP contribution >= 0.6 is 24.8 Å². The van der Waals surface area contributed by atoms with Crippen LogP contribution in [0.4, 0.5) is 0 Å². The monoisotopic (exact) mass is 341 g/mol. The van der Waals surface area contributed by atoms with E-state index in [1.165, 1.54) is 0 Å². The number of aryl methyl sites for hydroxylation is 1. The van der Waals surface area contributed by atoms with Gasteiger partial charge >= 0.3 is 0 Å². The number of para-hydroxylation sites is 1. The number of nitrogens with zero attached hydrogens (tertiary/aromatic N) is 2. The molecule has 0 bridgehead atoms. The van der Waals surface area contributed by atoms with Crippen LogP contribution in [0, 0.1) is 6.92 Å². The van der Waals surface area contributed by atoms with Gasteiger partial charge in [0.25, 0.3) is 5.91 Å². The van der Waals surface area contributed by atoms with Crippen LogP contribution in [0.2, 0.25) is 0 Å². The van der Waals surface area contributed by atoms with E-state index in [-0.39, 0.29) is 36.8 Å². The molecule has 2 aromatic rings. The van der Waals surface area contributed by atoms with Gasteiger partial charge in [-0.15, -0.1) is 24.8 Å². The number of pyridine rings is 1. The van der Waals surface area contributed by atoms with Crippen molar-refractivity contribution in [2.24, 2.45) is 5.73 Å². The Labute approximate surface area is 142 Å². The normalized spacial score (nSPS) is 15.1. The van der Waals surface area contributed by atoms with Crippen LogP contribution in [0.5, 0.6) is 0 Å². The molecular formula is C16H21Cl2N3O. The predicted octanol–water partition coefficient (Wildman–Crippen LogP) is 2.95. The summed E-state index contributed by atoms with van der Waals surface area (Å²) in [7, 11) is 0. The molecule has 3 rings (SSSR count). The Bertz CT molecular complexity index is 655. The number of piperidine rings is 1. The van der Waals surface area contributed by atoms with Crippen LogP contribution in [-0.2, 0) is 0 Å². The zero-order valence-electron chi connectivity index (χ0n) is 12.5. The summed E-state index contributed by atoms with van der Waals surface area (Å²) < 4.78 is 0. The number of nitrogens with two attached hydrogens (primary N) is 1. The van der Waals surface area contributed by atoms with Crippen LogP contribution in [0.25, 0.3) is 10.9 Å². The van der Waals surface area contributed by atoms with Gasteiger partial charge in [-0.3, -0.25) is 9.78 Å². The first-order valence-electron chi connectivity index (χ1n) is 7.06. The molecule has 0 radical (unpaired) electrons. The minimum absolute atomic E-state index is 0. The number of hydrogen-bond donors (Lipinski definition) is 1. The topological polar surface area (TPSA) is 59.2 Å². The van der Waals surface area contributed by atoms with Crippen molar-refractivity contribution < 1.29 is 4.79 Å². The van der Waals surface area contributed by atoms with Gasteiger partial charge in [-0.05, 0) is 31.9 Å². The van der Waals surface area contributed by atoms with Crippen molar-refractivity contribution in [2.45, 2.75) is 25.8 Å². The van der Waals surface area contributed by atoms with E-state index in [0.29, 0.717) is 0 Å². The Hall–Kier alpha value is -1.36. The van der Waals surface area contributed by atoms with Gasteiger partial charge in [-0.25, -0.2) is 0 Å². The molecule has 2 heterocycles. The smallest absolute Gasteiger partial charge is 0.254 e. The van der Waals surface area contributed by atoms with Gasteiger partial charge in [0.05, 0.1) is 11.1 Å². The van der Waals surface area contributed by atoms with E-state index in [2.05, 4.69) is 4.98 Å². The number of hydrogen-bond acceptors (Lipinski definition) is 3. The number of rotatable bonds is 1. The third-order valence-corrected chi connectivity index (χ3v) is 3.90. The minimum Gasteiger partial charge on any atom is -0.339 e. The lowest BCUT2D eigenvalue weighted by atomic mass is 10.0. The fraction of sp³-hybridized carbons (Fsp3) is 0.375. The molecule has 1 saturated heterocycles. The quantitative estimate of drug-likeness (QED) is 0.867. The second-order valence-corrected chi connectivity index (χ2v) is 5.46. The molecule has 120 valence electrons. The summed E-state index contributed by atoms with van der Waals surface area (Å²) in [5, 5.41) is 0.929. The molecule has 1 aromatic carbocycles. The largest absolute Gasteiger partial charge is 0.339 e. The number of carbonyl (C=O) groups is 1. The van der Waals surface area contributed by atoms with E-state index in [1.54, 1.807) is 0 Å². The first-order chi connectivity index (χ1) is 9.65. The predicted molar refractivity (Wildman–Crippen MR) is 94.1 cm³/mol. The SMILES string of the molecule is Cc1cc(C(=O)N2CCC(N)CC2)c2ccccc2n1.Cl.Cl. The van der Waals surface area contributed by atoms with Crippen molar-refractivity contribution in [3.8, 4) is 0 Å². The molecule has 1 aromatic heterocycles. The molecule has 1 aliphatic heterocycles. The van der Waals surface area contributed by atoms with Crippen LogP contribution in [0.3, 0.4) is 0 Å². The lowest BCUT2D eigenvalue weighted by Gasteiger charge is -2.30. The molecule has 1 fully saturated rings. The minimum atomic E-state index is 0. The maximum absolute atomic E-state index is 12.7. The van der Waals surface area contributed by atoms with Crippen LogP contribution in [-0.4, -0.2) is 34.9 Å². The lowest BCUT2D eigenvalue weighted by Crippen LogP contribution is -2.42. The summed E-state index contributed by atoms with van der Waals surface area (Å²) in [6, 6.07) is 9.93. The Morgan fingerprint density at radius 3 is 2.55 bits per heavy atom. The number of carbonyl (C=O) groups excluding carboxylic acids is 1. The molecule has 0 spiro atoms. The average molecular weight is 342 g/mol. The van der Waals surface area contributed by atoms with Gasteiger partial charge in [-0.1, -0.05) is 18.2 Å². The fourth-order valence-corrected chi connectivity index (χ4v) is 2.76. The van der Waals surface area contributed by atoms with Crippen molar-refractivity contribution in [3.63, 3.8) is 0 Å². The van der Waals surface area contributed by atoms with E-state index in [9.17, 15) is 4.79 Å². The van der Waals surface area contributed by atoms with Gasteiger partial charge < -0.3 is 10.6 Å². The Morgan fingerprint density at radius 1 is 1.23 bits per heavy atom. The zero-order chi connectivity index (χ0) is 14.1. The molecular weight excluding hydrogens is 321 g/mol. The number of aromatic nitrogens is 1.